The minimum absolute atomic E-state index is 0.392. The first kappa shape index (κ1) is 20.0. The van der Waals surface area contributed by atoms with Gasteiger partial charge in [-0.1, -0.05) is 42.5 Å². The fourth-order valence-corrected chi connectivity index (χ4v) is 3.14. The van der Waals surface area contributed by atoms with Gasteiger partial charge >= 0.3 is 6.03 Å². The lowest BCUT2D eigenvalue weighted by molar-refractivity contribution is 0.262. The Bertz CT molecular complexity index is 1190. The predicted molar refractivity (Wildman–Crippen MR) is 121 cm³/mol. The molecule has 4 rings (SSSR count). The van der Waals surface area contributed by atoms with Crippen LogP contribution in [-0.2, 0) is 0 Å². The van der Waals surface area contributed by atoms with Crippen LogP contribution in [0.15, 0.2) is 84.9 Å². The van der Waals surface area contributed by atoms with E-state index in [1.807, 2.05) is 72.8 Å². The van der Waals surface area contributed by atoms with Gasteiger partial charge in [-0.25, -0.2) is 9.48 Å². The van der Waals surface area contributed by atoms with Crippen molar-refractivity contribution >= 4 is 17.5 Å². The first-order valence-electron chi connectivity index (χ1n) is 9.68. The maximum absolute atomic E-state index is 12.7. The third kappa shape index (κ3) is 4.67. The lowest BCUT2D eigenvalue weighted by Gasteiger charge is -2.11. The summed E-state index contributed by atoms with van der Waals surface area (Å²) in [4.78, 5) is 12.7. The normalized spacial score (nSPS) is 10.4. The number of hydrogen-bond donors (Lipinski definition) is 2. The zero-order valence-electron chi connectivity index (χ0n) is 17.2. The van der Waals surface area contributed by atoms with E-state index < -0.39 is 6.03 Å². The van der Waals surface area contributed by atoms with Gasteiger partial charge in [-0.15, -0.1) is 0 Å². The molecule has 7 heteroatoms. The number of ether oxygens (including phenoxy) is 2. The molecule has 7 nitrogen and oxygen atoms in total. The lowest BCUT2D eigenvalue weighted by Crippen LogP contribution is -2.21. The Labute approximate surface area is 180 Å². The number of urea groups is 1. The van der Waals surface area contributed by atoms with E-state index in [1.165, 1.54) is 0 Å². The van der Waals surface area contributed by atoms with Gasteiger partial charge in [0.15, 0.2) is 0 Å². The van der Waals surface area contributed by atoms with Gasteiger partial charge in [0, 0.05) is 29.4 Å². The Balaban J connectivity index is 1.66. The summed E-state index contributed by atoms with van der Waals surface area (Å²) < 4.78 is 12.2. The molecule has 0 saturated heterocycles. The highest BCUT2D eigenvalue weighted by Gasteiger charge is 2.14. The molecule has 0 fully saturated rings. The lowest BCUT2D eigenvalue weighted by atomic mass is 10.2. The fourth-order valence-electron chi connectivity index (χ4n) is 3.14. The Morgan fingerprint density at radius 1 is 0.806 bits per heavy atom. The second-order valence-electron chi connectivity index (χ2n) is 6.71. The molecule has 1 heterocycles. The molecule has 0 radical (unpaired) electrons. The van der Waals surface area contributed by atoms with Gasteiger partial charge < -0.3 is 14.8 Å². The summed E-state index contributed by atoms with van der Waals surface area (Å²) in [6.45, 7) is 0. The van der Waals surface area contributed by atoms with Gasteiger partial charge in [0.25, 0.3) is 0 Å². The number of rotatable bonds is 6. The average Bonchev–Trinajstić information content (AvgIpc) is 3.23. The molecule has 0 bridgehead atoms. The van der Waals surface area contributed by atoms with Crippen LogP contribution in [0.2, 0.25) is 0 Å². The Kier molecular flexibility index (Phi) is 5.84. The van der Waals surface area contributed by atoms with Crippen LogP contribution in [0.3, 0.4) is 0 Å². The van der Waals surface area contributed by atoms with E-state index in [-0.39, 0.29) is 0 Å². The molecule has 0 aliphatic rings. The van der Waals surface area contributed by atoms with E-state index in [0.29, 0.717) is 23.0 Å². The van der Waals surface area contributed by atoms with Crippen LogP contribution >= 0.6 is 0 Å². The average molecular weight is 414 g/mol. The molecule has 1 aromatic heterocycles. The molecule has 3 aromatic carbocycles. The number of hydrogen-bond acceptors (Lipinski definition) is 4. The van der Waals surface area contributed by atoms with Crippen molar-refractivity contribution in [3.63, 3.8) is 0 Å². The van der Waals surface area contributed by atoms with Crippen molar-refractivity contribution in [2.75, 3.05) is 24.9 Å². The molecule has 0 saturated carbocycles. The molecular formula is C24H22N4O3. The van der Waals surface area contributed by atoms with Gasteiger partial charge in [0.2, 0.25) is 0 Å². The third-order valence-electron chi connectivity index (χ3n) is 4.65. The monoisotopic (exact) mass is 414 g/mol. The second-order valence-corrected chi connectivity index (χ2v) is 6.71. The number of nitrogens with zero attached hydrogens (tertiary/aromatic N) is 2. The number of amides is 2. The van der Waals surface area contributed by atoms with Gasteiger partial charge in [-0.05, 0) is 24.3 Å². The number of anilines is 2. The van der Waals surface area contributed by atoms with Crippen molar-refractivity contribution in [1.82, 2.24) is 9.78 Å². The molecule has 0 spiro atoms. The maximum Gasteiger partial charge on any atom is 0.324 e. The third-order valence-corrected chi connectivity index (χ3v) is 4.65. The first-order chi connectivity index (χ1) is 15.2. The SMILES string of the molecule is COc1cccc(NC(=O)Nc2cc(-c3ccccc3)nn2-c2cccc(OC)c2)c1. The van der Waals surface area contributed by atoms with E-state index in [4.69, 9.17) is 14.6 Å². The summed E-state index contributed by atoms with van der Waals surface area (Å²) in [5.74, 6) is 1.87. The molecule has 0 unspecified atom stereocenters. The molecule has 2 N–H and O–H groups in total. The summed E-state index contributed by atoms with van der Waals surface area (Å²) in [6, 6.07) is 25.9. The van der Waals surface area contributed by atoms with Crippen LogP contribution in [0.1, 0.15) is 0 Å². The van der Waals surface area contributed by atoms with Crippen LogP contribution in [0.25, 0.3) is 16.9 Å². The van der Waals surface area contributed by atoms with Crippen LogP contribution in [0, 0.1) is 0 Å². The molecule has 0 aliphatic carbocycles. The summed E-state index contributed by atoms with van der Waals surface area (Å²) in [5, 5.41) is 10.4. The molecule has 0 aliphatic heterocycles. The summed E-state index contributed by atoms with van der Waals surface area (Å²) in [7, 11) is 3.19. The van der Waals surface area contributed by atoms with Crippen LogP contribution in [0.5, 0.6) is 11.5 Å². The first-order valence-corrected chi connectivity index (χ1v) is 9.68. The van der Waals surface area contributed by atoms with E-state index in [9.17, 15) is 4.79 Å². The van der Waals surface area contributed by atoms with E-state index >= 15 is 0 Å². The topological polar surface area (TPSA) is 77.4 Å². The highest BCUT2D eigenvalue weighted by molar-refractivity contribution is 5.99. The van der Waals surface area contributed by atoms with Crippen LogP contribution in [0.4, 0.5) is 16.3 Å². The van der Waals surface area contributed by atoms with Gasteiger partial charge in [0.05, 0.1) is 25.6 Å². The van der Waals surface area contributed by atoms with Gasteiger partial charge in [-0.2, -0.15) is 5.10 Å². The van der Waals surface area contributed by atoms with Crippen molar-refractivity contribution in [2.45, 2.75) is 0 Å². The Hall–Kier alpha value is -4.26. The molecular weight excluding hydrogens is 392 g/mol. The number of benzene rings is 3. The van der Waals surface area contributed by atoms with Crippen molar-refractivity contribution in [2.24, 2.45) is 0 Å². The smallest absolute Gasteiger partial charge is 0.324 e. The van der Waals surface area contributed by atoms with Gasteiger partial charge in [0.1, 0.15) is 17.3 Å². The quantitative estimate of drug-likeness (QED) is 0.455. The van der Waals surface area contributed by atoms with E-state index in [0.717, 1.165) is 16.9 Å². The number of carbonyl (C=O) groups is 1. The van der Waals surface area contributed by atoms with E-state index in [1.54, 1.807) is 31.0 Å². The maximum atomic E-state index is 12.7. The summed E-state index contributed by atoms with van der Waals surface area (Å²) in [5.41, 5.74) is 3.06. The second kappa shape index (κ2) is 9.04. The molecule has 0 atom stereocenters. The zero-order valence-corrected chi connectivity index (χ0v) is 17.2. The molecule has 4 aromatic rings. The number of carbonyl (C=O) groups excluding carboxylic acids is 1. The van der Waals surface area contributed by atoms with Crippen LogP contribution < -0.4 is 20.1 Å². The number of nitrogens with one attached hydrogen (secondary N) is 2. The minimum atomic E-state index is -0.392. The minimum Gasteiger partial charge on any atom is -0.497 e. The van der Waals surface area contributed by atoms with Crippen molar-refractivity contribution < 1.29 is 14.3 Å². The fraction of sp³-hybridized carbons (Fsp3) is 0.0833. The highest BCUT2D eigenvalue weighted by atomic mass is 16.5. The Morgan fingerprint density at radius 2 is 1.52 bits per heavy atom. The number of methoxy groups -OCH3 is 2. The molecule has 2 amide bonds. The standard InChI is InChI=1S/C24H22N4O3/c1-30-20-12-6-10-18(14-20)25-24(29)26-23-16-22(17-8-4-3-5-9-17)27-28(23)19-11-7-13-21(15-19)31-2/h3-16H,1-2H3,(H2,25,26,29). The van der Waals surface area contributed by atoms with Crippen molar-refractivity contribution in [1.29, 1.82) is 0 Å². The van der Waals surface area contributed by atoms with E-state index in [2.05, 4.69) is 10.6 Å². The Morgan fingerprint density at radius 3 is 2.26 bits per heavy atom. The van der Waals surface area contributed by atoms with Crippen molar-refractivity contribution in [3.05, 3.63) is 84.9 Å². The molecule has 31 heavy (non-hydrogen) atoms. The largest absolute Gasteiger partial charge is 0.497 e. The summed E-state index contributed by atoms with van der Waals surface area (Å²) >= 11 is 0. The zero-order chi connectivity index (χ0) is 21.6. The van der Waals surface area contributed by atoms with Crippen LogP contribution in [-0.4, -0.2) is 30.0 Å². The van der Waals surface area contributed by atoms with Gasteiger partial charge in [-0.3, -0.25) is 5.32 Å². The highest BCUT2D eigenvalue weighted by Crippen LogP contribution is 2.26. The predicted octanol–water partition coefficient (Wildman–Crippen LogP) is 5.20. The number of aromatic nitrogens is 2. The molecule has 156 valence electrons. The van der Waals surface area contributed by atoms with Crippen molar-refractivity contribution in [3.8, 4) is 28.4 Å². The summed E-state index contributed by atoms with van der Waals surface area (Å²) in [6.07, 6.45) is 0.